The first kappa shape index (κ1) is 11.1. The molecule has 1 heterocycles. The average molecular weight is 208 g/mol. The molecule has 80 valence electrons. The first-order valence-electron chi connectivity index (χ1n) is 4.51. The fraction of sp³-hybridized carbons (Fsp3) is 0.333. The molecule has 0 aromatic carbocycles. The van der Waals surface area contributed by atoms with E-state index < -0.39 is 11.8 Å². The highest BCUT2D eigenvalue weighted by atomic mass is 16.1. The highest BCUT2D eigenvalue weighted by Crippen LogP contribution is 2.06. The molecule has 15 heavy (non-hydrogen) atoms. The van der Waals surface area contributed by atoms with E-state index in [0.717, 1.165) is 12.6 Å². The van der Waals surface area contributed by atoms with Crippen molar-refractivity contribution in [1.82, 2.24) is 9.97 Å². The van der Waals surface area contributed by atoms with Crippen molar-refractivity contribution in [2.24, 2.45) is 11.5 Å². The molecule has 6 nitrogen and oxygen atoms in total. The van der Waals surface area contributed by atoms with Gasteiger partial charge in [-0.2, -0.15) is 0 Å². The standard InChI is InChI=1S/C9H12N4O2/c1-2-3-5-7(9(11)15)12-4-6(13-5)8(10)14/h4H,2-3H2,1H3,(H2,10,14)(H2,11,15). The van der Waals surface area contributed by atoms with E-state index >= 15 is 0 Å². The monoisotopic (exact) mass is 208 g/mol. The van der Waals surface area contributed by atoms with E-state index in [2.05, 4.69) is 9.97 Å². The lowest BCUT2D eigenvalue weighted by Gasteiger charge is -2.04. The van der Waals surface area contributed by atoms with E-state index in [9.17, 15) is 9.59 Å². The number of aromatic nitrogens is 2. The van der Waals surface area contributed by atoms with Crippen LogP contribution in [0.2, 0.25) is 0 Å². The van der Waals surface area contributed by atoms with Gasteiger partial charge in [0.1, 0.15) is 11.4 Å². The molecule has 0 saturated heterocycles. The van der Waals surface area contributed by atoms with E-state index in [0.29, 0.717) is 12.1 Å². The summed E-state index contributed by atoms with van der Waals surface area (Å²) in [6, 6.07) is 0. The molecule has 0 spiro atoms. The lowest BCUT2D eigenvalue weighted by atomic mass is 10.2. The number of nitrogens with two attached hydrogens (primary N) is 2. The van der Waals surface area contributed by atoms with Crippen molar-refractivity contribution in [3.63, 3.8) is 0 Å². The Morgan fingerprint density at radius 2 is 2.00 bits per heavy atom. The summed E-state index contributed by atoms with van der Waals surface area (Å²) in [6.45, 7) is 1.92. The van der Waals surface area contributed by atoms with Crippen LogP contribution < -0.4 is 11.5 Å². The number of rotatable bonds is 4. The van der Waals surface area contributed by atoms with Gasteiger partial charge in [0, 0.05) is 0 Å². The minimum atomic E-state index is -0.670. The zero-order valence-electron chi connectivity index (χ0n) is 8.36. The summed E-state index contributed by atoms with van der Waals surface area (Å²) >= 11 is 0. The second kappa shape index (κ2) is 4.50. The highest BCUT2D eigenvalue weighted by Gasteiger charge is 2.13. The first-order chi connectivity index (χ1) is 7.06. The predicted octanol–water partition coefficient (Wildman–Crippen LogP) is -0.373. The zero-order valence-corrected chi connectivity index (χ0v) is 8.36. The van der Waals surface area contributed by atoms with Crippen LogP contribution in [-0.4, -0.2) is 21.8 Å². The summed E-state index contributed by atoms with van der Waals surface area (Å²) in [5.74, 6) is -1.32. The van der Waals surface area contributed by atoms with Crippen LogP contribution in [0.3, 0.4) is 0 Å². The van der Waals surface area contributed by atoms with Crippen LogP contribution in [0.4, 0.5) is 0 Å². The third kappa shape index (κ3) is 2.49. The molecule has 1 aromatic rings. The van der Waals surface area contributed by atoms with Crippen molar-refractivity contribution in [2.45, 2.75) is 19.8 Å². The first-order valence-corrected chi connectivity index (χ1v) is 4.51. The lowest BCUT2D eigenvalue weighted by Crippen LogP contribution is -2.21. The molecule has 0 aliphatic heterocycles. The summed E-state index contributed by atoms with van der Waals surface area (Å²) in [6.07, 6.45) is 2.46. The number of hydrogen-bond donors (Lipinski definition) is 2. The zero-order chi connectivity index (χ0) is 11.4. The van der Waals surface area contributed by atoms with E-state index in [1.165, 1.54) is 0 Å². The van der Waals surface area contributed by atoms with Gasteiger partial charge in [-0.25, -0.2) is 9.97 Å². The van der Waals surface area contributed by atoms with Gasteiger partial charge in [-0.15, -0.1) is 0 Å². The molecule has 0 radical (unpaired) electrons. The van der Waals surface area contributed by atoms with Crippen LogP contribution >= 0.6 is 0 Å². The molecule has 1 rings (SSSR count). The highest BCUT2D eigenvalue weighted by molar-refractivity contribution is 5.94. The molecule has 0 aliphatic rings. The Kier molecular flexibility index (Phi) is 3.33. The van der Waals surface area contributed by atoms with Crippen LogP contribution in [-0.2, 0) is 6.42 Å². The molecular weight excluding hydrogens is 196 g/mol. The largest absolute Gasteiger partial charge is 0.364 e. The normalized spacial score (nSPS) is 9.93. The topological polar surface area (TPSA) is 112 Å². The van der Waals surface area contributed by atoms with Crippen LogP contribution in [0.15, 0.2) is 6.20 Å². The molecule has 0 unspecified atom stereocenters. The lowest BCUT2D eigenvalue weighted by molar-refractivity contribution is 0.0979. The average Bonchev–Trinajstić information content (AvgIpc) is 2.17. The molecule has 0 fully saturated rings. The SMILES string of the molecule is CCCc1nc(C(N)=O)cnc1C(N)=O. The smallest absolute Gasteiger partial charge is 0.269 e. The van der Waals surface area contributed by atoms with Crippen LogP contribution in [0.5, 0.6) is 0 Å². The second-order valence-corrected chi connectivity index (χ2v) is 3.03. The maximum Gasteiger partial charge on any atom is 0.269 e. The second-order valence-electron chi connectivity index (χ2n) is 3.03. The summed E-state index contributed by atoms with van der Waals surface area (Å²) in [5.41, 5.74) is 10.7. The van der Waals surface area contributed by atoms with Crippen LogP contribution in [0.1, 0.15) is 40.0 Å². The minimum Gasteiger partial charge on any atom is -0.364 e. The summed E-state index contributed by atoms with van der Waals surface area (Å²) in [5, 5.41) is 0. The summed E-state index contributed by atoms with van der Waals surface area (Å²) < 4.78 is 0. The summed E-state index contributed by atoms with van der Waals surface area (Å²) in [7, 11) is 0. The van der Waals surface area contributed by atoms with Crippen molar-refractivity contribution in [3.8, 4) is 0 Å². The van der Waals surface area contributed by atoms with Crippen molar-refractivity contribution in [1.29, 1.82) is 0 Å². The molecule has 0 atom stereocenters. The molecule has 1 aromatic heterocycles. The minimum absolute atomic E-state index is 0.0449. The Morgan fingerprint density at radius 1 is 1.33 bits per heavy atom. The van der Waals surface area contributed by atoms with Crippen molar-refractivity contribution < 1.29 is 9.59 Å². The van der Waals surface area contributed by atoms with Gasteiger partial charge in [0.2, 0.25) is 0 Å². The number of amides is 2. The molecule has 0 bridgehead atoms. The molecule has 2 amide bonds. The number of carbonyl (C=O) groups is 2. The molecule has 0 saturated carbocycles. The number of carbonyl (C=O) groups excluding carboxylic acids is 2. The fourth-order valence-corrected chi connectivity index (χ4v) is 1.16. The molecular formula is C9H12N4O2. The Morgan fingerprint density at radius 3 is 2.47 bits per heavy atom. The molecule has 0 aliphatic carbocycles. The van der Waals surface area contributed by atoms with Crippen LogP contribution in [0, 0.1) is 0 Å². The number of primary amides is 2. The molecule has 6 heteroatoms. The van der Waals surface area contributed by atoms with Gasteiger partial charge < -0.3 is 11.5 Å². The van der Waals surface area contributed by atoms with Crippen molar-refractivity contribution >= 4 is 11.8 Å². The van der Waals surface area contributed by atoms with Crippen molar-refractivity contribution in [3.05, 3.63) is 23.3 Å². The van der Waals surface area contributed by atoms with Gasteiger partial charge in [-0.1, -0.05) is 13.3 Å². The van der Waals surface area contributed by atoms with E-state index in [-0.39, 0.29) is 11.4 Å². The number of nitrogens with zero attached hydrogens (tertiary/aromatic N) is 2. The van der Waals surface area contributed by atoms with E-state index in [1.807, 2.05) is 6.92 Å². The predicted molar refractivity (Wildman–Crippen MR) is 53.1 cm³/mol. The Bertz CT molecular complexity index is 403. The van der Waals surface area contributed by atoms with E-state index in [4.69, 9.17) is 11.5 Å². The molecule has 4 N–H and O–H groups in total. The van der Waals surface area contributed by atoms with E-state index in [1.54, 1.807) is 0 Å². The maximum absolute atomic E-state index is 11.0. The Balaban J connectivity index is 3.20. The van der Waals surface area contributed by atoms with Crippen molar-refractivity contribution in [2.75, 3.05) is 0 Å². The third-order valence-corrected chi connectivity index (χ3v) is 1.82. The van der Waals surface area contributed by atoms with Gasteiger partial charge in [0.15, 0.2) is 0 Å². The van der Waals surface area contributed by atoms with Gasteiger partial charge in [0.25, 0.3) is 11.8 Å². The Hall–Kier alpha value is -1.98. The summed E-state index contributed by atoms with van der Waals surface area (Å²) in [4.78, 5) is 29.5. The Labute approximate surface area is 86.7 Å². The quantitative estimate of drug-likeness (QED) is 0.702. The van der Waals surface area contributed by atoms with Gasteiger partial charge in [0.05, 0.1) is 11.9 Å². The fourth-order valence-electron chi connectivity index (χ4n) is 1.16. The number of hydrogen-bond acceptors (Lipinski definition) is 4. The van der Waals surface area contributed by atoms with Crippen LogP contribution in [0.25, 0.3) is 0 Å². The van der Waals surface area contributed by atoms with Gasteiger partial charge in [-0.3, -0.25) is 9.59 Å². The maximum atomic E-state index is 11.0. The third-order valence-electron chi connectivity index (χ3n) is 1.82. The number of aryl methyl sites for hydroxylation is 1. The van der Waals surface area contributed by atoms with Gasteiger partial charge >= 0.3 is 0 Å². The van der Waals surface area contributed by atoms with Gasteiger partial charge in [-0.05, 0) is 6.42 Å².